The van der Waals surface area contributed by atoms with Gasteiger partial charge in [0.15, 0.2) is 0 Å². The van der Waals surface area contributed by atoms with E-state index in [1.165, 1.54) is 8.99 Å². The van der Waals surface area contributed by atoms with Crippen molar-refractivity contribution in [1.29, 1.82) is 0 Å². The second-order valence-corrected chi connectivity index (χ2v) is 7.40. The van der Waals surface area contributed by atoms with Gasteiger partial charge in [0.2, 0.25) is 10.0 Å². The zero-order valence-corrected chi connectivity index (χ0v) is 13.7. The third-order valence-electron chi connectivity index (χ3n) is 3.61. The summed E-state index contributed by atoms with van der Waals surface area (Å²) >= 11 is 0. The van der Waals surface area contributed by atoms with Gasteiger partial charge >= 0.3 is 0 Å². The van der Waals surface area contributed by atoms with Crippen molar-refractivity contribution in [1.82, 2.24) is 14.1 Å². The van der Waals surface area contributed by atoms with Crippen LogP contribution in [0.3, 0.4) is 0 Å². The predicted octanol–water partition coefficient (Wildman–Crippen LogP) is 0.290. The van der Waals surface area contributed by atoms with Crippen LogP contribution in [0.2, 0.25) is 0 Å². The molecule has 0 aromatic carbocycles. The molecule has 21 heavy (non-hydrogen) atoms. The number of aliphatic hydroxyl groups excluding tert-OH is 1. The van der Waals surface area contributed by atoms with E-state index in [1.807, 2.05) is 13.8 Å². The van der Waals surface area contributed by atoms with Crippen molar-refractivity contribution in [3.05, 3.63) is 11.4 Å². The van der Waals surface area contributed by atoms with Crippen molar-refractivity contribution in [2.45, 2.75) is 51.3 Å². The molecule has 0 spiro atoms. The lowest BCUT2D eigenvalue weighted by Crippen LogP contribution is -2.48. The van der Waals surface area contributed by atoms with Crippen LogP contribution < -0.4 is 0 Å². The highest BCUT2D eigenvalue weighted by atomic mass is 32.2. The maximum atomic E-state index is 12.9. The third-order valence-corrected chi connectivity index (χ3v) is 5.70. The van der Waals surface area contributed by atoms with Crippen LogP contribution in [0.4, 0.5) is 0 Å². The number of aliphatic hydroxyl groups is 1. The van der Waals surface area contributed by atoms with Crippen LogP contribution in [0.1, 0.15) is 25.2 Å². The van der Waals surface area contributed by atoms with E-state index in [1.54, 1.807) is 13.8 Å². The lowest BCUT2D eigenvalue weighted by atomic mass is 10.3. The Morgan fingerprint density at radius 2 is 1.86 bits per heavy atom. The summed E-state index contributed by atoms with van der Waals surface area (Å²) in [6.45, 7) is 8.04. The Balaban J connectivity index is 2.40. The number of nitrogens with zero attached hydrogens (tertiary/aromatic N) is 3. The Kier molecular flexibility index (Phi) is 4.72. The third kappa shape index (κ3) is 3.13. The molecule has 8 heteroatoms. The molecule has 0 saturated carbocycles. The average molecular weight is 317 g/mol. The van der Waals surface area contributed by atoms with Crippen LogP contribution in [0.15, 0.2) is 4.90 Å². The molecule has 2 heterocycles. The minimum Gasteiger partial charge on any atom is -0.394 e. The first kappa shape index (κ1) is 16.4. The van der Waals surface area contributed by atoms with Crippen molar-refractivity contribution in [2.75, 3.05) is 19.7 Å². The lowest BCUT2D eigenvalue weighted by molar-refractivity contribution is -0.0441. The number of sulfonamides is 1. The Bertz CT molecular complexity index is 601. The van der Waals surface area contributed by atoms with E-state index in [0.29, 0.717) is 24.5 Å². The number of ether oxygens (including phenoxy) is 1. The van der Waals surface area contributed by atoms with E-state index in [2.05, 4.69) is 5.10 Å². The summed E-state index contributed by atoms with van der Waals surface area (Å²) in [6, 6.07) is 0. The summed E-state index contributed by atoms with van der Waals surface area (Å²) in [6.07, 6.45) is -0.256. The summed E-state index contributed by atoms with van der Waals surface area (Å²) in [4.78, 5) is 0.247. The summed E-state index contributed by atoms with van der Waals surface area (Å²) in [5.74, 6) is 0. The van der Waals surface area contributed by atoms with E-state index in [-0.39, 0.29) is 30.3 Å². The molecule has 2 rings (SSSR count). The number of rotatable bonds is 4. The van der Waals surface area contributed by atoms with E-state index in [9.17, 15) is 8.42 Å². The van der Waals surface area contributed by atoms with E-state index in [0.717, 1.165) is 0 Å². The topological polar surface area (TPSA) is 84.7 Å². The highest BCUT2D eigenvalue weighted by molar-refractivity contribution is 7.89. The van der Waals surface area contributed by atoms with Gasteiger partial charge in [0.1, 0.15) is 4.90 Å². The largest absolute Gasteiger partial charge is 0.394 e. The fraction of sp³-hybridized carbons (Fsp3) is 0.769. The van der Waals surface area contributed by atoms with Gasteiger partial charge in [0.25, 0.3) is 0 Å². The molecular formula is C13H23N3O4S. The Morgan fingerprint density at radius 1 is 1.29 bits per heavy atom. The first-order chi connectivity index (χ1) is 9.77. The Morgan fingerprint density at radius 3 is 2.38 bits per heavy atom. The monoisotopic (exact) mass is 317 g/mol. The van der Waals surface area contributed by atoms with E-state index in [4.69, 9.17) is 9.84 Å². The van der Waals surface area contributed by atoms with Crippen LogP contribution in [0.25, 0.3) is 0 Å². The molecule has 1 aliphatic heterocycles. The smallest absolute Gasteiger partial charge is 0.246 e. The Hall–Kier alpha value is -0.960. The van der Waals surface area contributed by atoms with Gasteiger partial charge in [-0.05, 0) is 27.7 Å². The number of morpholine rings is 1. The first-order valence-corrected chi connectivity index (χ1v) is 8.51. The minimum absolute atomic E-state index is 0.0763. The minimum atomic E-state index is -3.60. The highest BCUT2D eigenvalue weighted by Gasteiger charge is 2.35. The van der Waals surface area contributed by atoms with Crippen molar-refractivity contribution < 1.29 is 18.3 Å². The molecule has 7 nitrogen and oxygen atoms in total. The second kappa shape index (κ2) is 6.04. The van der Waals surface area contributed by atoms with E-state index >= 15 is 0 Å². The van der Waals surface area contributed by atoms with Crippen LogP contribution in [0.5, 0.6) is 0 Å². The zero-order valence-electron chi connectivity index (χ0n) is 12.9. The van der Waals surface area contributed by atoms with Crippen molar-refractivity contribution in [3.63, 3.8) is 0 Å². The maximum absolute atomic E-state index is 12.9. The SMILES string of the molecule is Cc1nn(CCO)c(C)c1S(=O)(=O)N1CC(C)OC(C)C1. The highest BCUT2D eigenvalue weighted by Crippen LogP contribution is 2.26. The van der Waals surface area contributed by atoms with Crippen LogP contribution in [0, 0.1) is 13.8 Å². The van der Waals surface area contributed by atoms with Crippen molar-refractivity contribution >= 4 is 10.0 Å². The van der Waals surface area contributed by atoms with Crippen LogP contribution in [-0.2, 0) is 21.3 Å². The van der Waals surface area contributed by atoms with Gasteiger partial charge in [-0.25, -0.2) is 8.42 Å². The summed E-state index contributed by atoms with van der Waals surface area (Å²) in [5, 5.41) is 13.2. The van der Waals surface area contributed by atoms with Crippen LogP contribution >= 0.6 is 0 Å². The molecule has 1 aromatic heterocycles. The second-order valence-electron chi connectivity index (χ2n) is 5.53. The molecule has 2 unspecified atom stereocenters. The Labute approximate surface area is 125 Å². The normalized spacial score (nSPS) is 24.4. The fourth-order valence-corrected chi connectivity index (χ4v) is 4.79. The molecule has 2 atom stereocenters. The molecule has 1 N–H and O–H groups in total. The summed E-state index contributed by atoms with van der Waals surface area (Å²) in [7, 11) is -3.60. The molecule has 0 aliphatic carbocycles. The maximum Gasteiger partial charge on any atom is 0.246 e. The van der Waals surface area contributed by atoms with Gasteiger partial charge in [0, 0.05) is 13.1 Å². The summed E-state index contributed by atoms with van der Waals surface area (Å²) in [5.41, 5.74) is 1.03. The standard InChI is InChI=1S/C13H23N3O4S/c1-9-7-15(8-10(2)20-9)21(18,19)13-11(3)14-16(5-6-17)12(13)4/h9-10,17H,5-8H2,1-4H3. The van der Waals surface area contributed by atoms with Crippen molar-refractivity contribution in [2.24, 2.45) is 0 Å². The molecule has 1 fully saturated rings. The molecular weight excluding hydrogens is 294 g/mol. The zero-order chi connectivity index (χ0) is 15.8. The van der Waals surface area contributed by atoms with Gasteiger partial charge in [-0.1, -0.05) is 0 Å². The molecule has 0 radical (unpaired) electrons. The van der Waals surface area contributed by atoms with Gasteiger partial charge in [-0.3, -0.25) is 4.68 Å². The van der Waals surface area contributed by atoms with Gasteiger partial charge in [-0.15, -0.1) is 0 Å². The summed E-state index contributed by atoms with van der Waals surface area (Å²) < 4.78 is 34.4. The fourth-order valence-electron chi connectivity index (χ4n) is 2.82. The first-order valence-electron chi connectivity index (χ1n) is 7.07. The quantitative estimate of drug-likeness (QED) is 0.863. The average Bonchev–Trinajstić information content (AvgIpc) is 2.64. The predicted molar refractivity (Wildman–Crippen MR) is 77.6 cm³/mol. The van der Waals surface area contributed by atoms with Gasteiger partial charge in [0.05, 0.1) is 36.7 Å². The molecule has 0 amide bonds. The van der Waals surface area contributed by atoms with Gasteiger partial charge < -0.3 is 9.84 Å². The lowest BCUT2D eigenvalue weighted by Gasteiger charge is -2.34. The number of hydrogen-bond acceptors (Lipinski definition) is 5. The molecule has 1 aromatic rings. The molecule has 1 saturated heterocycles. The van der Waals surface area contributed by atoms with Gasteiger partial charge in [-0.2, -0.15) is 9.40 Å². The molecule has 120 valence electrons. The molecule has 1 aliphatic rings. The number of hydrogen-bond donors (Lipinski definition) is 1. The van der Waals surface area contributed by atoms with E-state index < -0.39 is 10.0 Å². The number of aromatic nitrogens is 2. The molecule has 0 bridgehead atoms. The van der Waals surface area contributed by atoms with Crippen LogP contribution in [-0.4, -0.2) is 59.5 Å². The number of aryl methyl sites for hydroxylation is 1. The van der Waals surface area contributed by atoms with Crippen molar-refractivity contribution in [3.8, 4) is 0 Å².